The van der Waals surface area contributed by atoms with Gasteiger partial charge in [-0.1, -0.05) is 60.7 Å². The Morgan fingerprint density at radius 1 is 0.958 bits per heavy atom. The Labute approximate surface area is 139 Å². The highest BCUT2D eigenvalue weighted by atomic mass is 16.3. The molecule has 0 aliphatic heterocycles. The van der Waals surface area contributed by atoms with E-state index in [1.54, 1.807) is 60.7 Å². The van der Waals surface area contributed by atoms with Gasteiger partial charge in [0.15, 0.2) is 5.60 Å². The van der Waals surface area contributed by atoms with Crippen LogP contribution in [0.3, 0.4) is 0 Å². The first-order chi connectivity index (χ1) is 11.7. The number of nitrogens with zero attached hydrogens (tertiary/aromatic N) is 1. The van der Waals surface area contributed by atoms with Crippen LogP contribution in [-0.2, 0) is 10.4 Å². The molecule has 1 aromatic heterocycles. The third-order valence-electron chi connectivity index (χ3n) is 3.61. The summed E-state index contributed by atoms with van der Waals surface area (Å²) in [4.78, 5) is 12.7. The molecular formula is C19H16N2O3. The number of carbonyl (C=O) groups is 1. The van der Waals surface area contributed by atoms with Crippen molar-refractivity contribution >= 4 is 12.1 Å². The van der Waals surface area contributed by atoms with Gasteiger partial charge in [0.2, 0.25) is 0 Å². The van der Waals surface area contributed by atoms with Gasteiger partial charge in [-0.15, -0.1) is 0 Å². The van der Waals surface area contributed by atoms with E-state index in [4.69, 9.17) is 4.42 Å². The molecule has 1 amide bonds. The van der Waals surface area contributed by atoms with Crippen LogP contribution in [0.5, 0.6) is 0 Å². The molecule has 2 N–H and O–H groups in total. The Morgan fingerprint density at radius 2 is 1.54 bits per heavy atom. The number of rotatable bonds is 5. The summed E-state index contributed by atoms with van der Waals surface area (Å²) in [6, 6.07) is 20.9. The van der Waals surface area contributed by atoms with Crippen molar-refractivity contribution < 1.29 is 14.3 Å². The fourth-order valence-corrected chi connectivity index (χ4v) is 2.39. The van der Waals surface area contributed by atoms with E-state index < -0.39 is 11.5 Å². The molecule has 3 rings (SSSR count). The molecule has 0 aliphatic rings. The molecule has 0 atom stereocenters. The molecule has 5 heteroatoms. The largest absolute Gasteiger partial charge is 0.463 e. The van der Waals surface area contributed by atoms with Gasteiger partial charge in [0.25, 0.3) is 5.91 Å². The van der Waals surface area contributed by atoms with Gasteiger partial charge in [-0.3, -0.25) is 4.79 Å². The van der Waals surface area contributed by atoms with E-state index in [-0.39, 0.29) is 0 Å². The number of furan rings is 1. The van der Waals surface area contributed by atoms with E-state index in [0.717, 1.165) is 0 Å². The van der Waals surface area contributed by atoms with Crippen LogP contribution in [0.1, 0.15) is 16.9 Å². The second kappa shape index (κ2) is 6.93. The van der Waals surface area contributed by atoms with Crippen molar-refractivity contribution in [2.75, 3.05) is 0 Å². The Bertz CT molecular complexity index is 773. The summed E-state index contributed by atoms with van der Waals surface area (Å²) in [6.45, 7) is 0. The van der Waals surface area contributed by atoms with Crippen LogP contribution < -0.4 is 5.43 Å². The Balaban J connectivity index is 1.91. The molecule has 0 saturated heterocycles. The number of hydrogen-bond donors (Lipinski definition) is 2. The van der Waals surface area contributed by atoms with E-state index in [1.807, 2.05) is 12.1 Å². The molecular weight excluding hydrogens is 304 g/mol. The number of benzene rings is 2. The molecule has 5 nitrogen and oxygen atoms in total. The summed E-state index contributed by atoms with van der Waals surface area (Å²) in [5.41, 5.74) is 1.45. The van der Waals surface area contributed by atoms with Crippen LogP contribution in [0.15, 0.2) is 88.6 Å². The average Bonchev–Trinajstić information content (AvgIpc) is 3.16. The molecule has 120 valence electrons. The fraction of sp³-hybridized carbons (Fsp3) is 0.0526. The van der Waals surface area contributed by atoms with Crippen molar-refractivity contribution in [2.24, 2.45) is 5.10 Å². The maximum atomic E-state index is 12.7. The fourth-order valence-electron chi connectivity index (χ4n) is 2.39. The summed E-state index contributed by atoms with van der Waals surface area (Å²) >= 11 is 0. The van der Waals surface area contributed by atoms with Gasteiger partial charge in [0, 0.05) is 0 Å². The summed E-state index contributed by atoms with van der Waals surface area (Å²) < 4.78 is 5.11. The third kappa shape index (κ3) is 3.11. The second-order valence-electron chi connectivity index (χ2n) is 5.16. The molecule has 0 spiro atoms. The average molecular weight is 320 g/mol. The van der Waals surface area contributed by atoms with Crippen molar-refractivity contribution in [3.63, 3.8) is 0 Å². The number of nitrogens with one attached hydrogen (secondary N) is 1. The van der Waals surface area contributed by atoms with Gasteiger partial charge in [0.05, 0.1) is 12.5 Å². The molecule has 1 heterocycles. The zero-order valence-corrected chi connectivity index (χ0v) is 12.8. The molecule has 0 fully saturated rings. The lowest BCUT2D eigenvalue weighted by Gasteiger charge is -2.26. The van der Waals surface area contributed by atoms with E-state index in [0.29, 0.717) is 16.9 Å². The molecule has 0 aliphatic carbocycles. The first-order valence-electron chi connectivity index (χ1n) is 7.41. The van der Waals surface area contributed by atoms with Gasteiger partial charge in [-0.05, 0) is 23.3 Å². The Hall–Kier alpha value is -3.18. The summed E-state index contributed by atoms with van der Waals surface area (Å²) in [7, 11) is 0. The van der Waals surface area contributed by atoms with E-state index in [9.17, 15) is 9.90 Å². The minimum absolute atomic E-state index is 0.460. The number of aliphatic hydroxyl groups is 1. The topological polar surface area (TPSA) is 74.8 Å². The predicted octanol–water partition coefficient (Wildman–Crippen LogP) is 2.67. The first-order valence-corrected chi connectivity index (χ1v) is 7.41. The molecule has 0 unspecified atom stereocenters. The first kappa shape index (κ1) is 15.7. The van der Waals surface area contributed by atoms with Crippen LogP contribution in [-0.4, -0.2) is 17.2 Å². The highest BCUT2D eigenvalue weighted by molar-refractivity contribution is 5.90. The van der Waals surface area contributed by atoms with Crippen molar-refractivity contribution in [3.05, 3.63) is 95.9 Å². The summed E-state index contributed by atoms with van der Waals surface area (Å²) in [5, 5.41) is 15.0. The number of hydrogen-bond acceptors (Lipinski definition) is 4. The molecule has 0 bridgehead atoms. The lowest BCUT2D eigenvalue weighted by atomic mass is 9.85. The van der Waals surface area contributed by atoms with Crippen LogP contribution in [0.2, 0.25) is 0 Å². The highest BCUT2D eigenvalue weighted by Gasteiger charge is 2.39. The molecule has 24 heavy (non-hydrogen) atoms. The van der Waals surface area contributed by atoms with Crippen LogP contribution in [0, 0.1) is 0 Å². The van der Waals surface area contributed by atoms with Gasteiger partial charge in [-0.25, -0.2) is 5.43 Å². The lowest BCUT2D eigenvalue weighted by molar-refractivity contribution is -0.136. The van der Waals surface area contributed by atoms with Crippen LogP contribution >= 0.6 is 0 Å². The number of amides is 1. The van der Waals surface area contributed by atoms with Gasteiger partial charge in [0.1, 0.15) is 5.76 Å². The van der Waals surface area contributed by atoms with E-state index >= 15 is 0 Å². The van der Waals surface area contributed by atoms with Crippen molar-refractivity contribution in [2.45, 2.75) is 5.60 Å². The maximum Gasteiger partial charge on any atom is 0.281 e. The maximum absolute atomic E-state index is 12.7. The summed E-state index contributed by atoms with van der Waals surface area (Å²) in [5.74, 6) is -0.152. The minimum atomic E-state index is -1.84. The molecule has 0 radical (unpaired) electrons. The van der Waals surface area contributed by atoms with E-state index in [1.165, 1.54) is 12.5 Å². The number of carbonyl (C=O) groups excluding carboxylic acids is 1. The third-order valence-corrected chi connectivity index (χ3v) is 3.61. The van der Waals surface area contributed by atoms with Crippen LogP contribution in [0.4, 0.5) is 0 Å². The standard InChI is InChI=1S/C19H16N2O3/c22-18(21-20-14-17-12-7-13-24-17)19(23,15-8-3-1-4-9-15)16-10-5-2-6-11-16/h1-14,23H,(H,21,22)/b20-14-. The van der Waals surface area contributed by atoms with Crippen molar-refractivity contribution in [1.29, 1.82) is 0 Å². The quantitative estimate of drug-likeness (QED) is 0.560. The van der Waals surface area contributed by atoms with Crippen molar-refractivity contribution in [1.82, 2.24) is 5.43 Å². The normalized spacial score (nSPS) is 11.5. The zero-order valence-electron chi connectivity index (χ0n) is 12.8. The van der Waals surface area contributed by atoms with Crippen molar-refractivity contribution in [3.8, 4) is 0 Å². The van der Waals surface area contributed by atoms with E-state index in [2.05, 4.69) is 10.5 Å². The molecule has 0 saturated carbocycles. The Kier molecular flexibility index (Phi) is 4.54. The van der Waals surface area contributed by atoms with Gasteiger partial charge < -0.3 is 9.52 Å². The smallest absolute Gasteiger partial charge is 0.281 e. The van der Waals surface area contributed by atoms with Crippen LogP contribution in [0.25, 0.3) is 0 Å². The SMILES string of the molecule is O=C(N/N=C\c1ccco1)C(O)(c1ccccc1)c1ccccc1. The Morgan fingerprint density at radius 3 is 2.04 bits per heavy atom. The zero-order chi connectivity index (χ0) is 16.8. The lowest BCUT2D eigenvalue weighted by Crippen LogP contribution is -2.43. The second-order valence-corrected chi connectivity index (χ2v) is 5.16. The monoisotopic (exact) mass is 320 g/mol. The molecule has 3 aromatic rings. The number of hydrazone groups is 1. The van der Waals surface area contributed by atoms with Gasteiger partial charge in [-0.2, -0.15) is 5.10 Å². The highest BCUT2D eigenvalue weighted by Crippen LogP contribution is 2.29. The summed E-state index contributed by atoms with van der Waals surface area (Å²) in [6.07, 6.45) is 2.88. The minimum Gasteiger partial charge on any atom is -0.463 e. The molecule has 2 aromatic carbocycles. The predicted molar refractivity (Wildman–Crippen MR) is 90.3 cm³/mol. The van der Waals surface area contributed by atoms with Gasteiger partial charge >= 0.3 is 0 Å².